The van der Waals surface area contributed by atoms with Crippen molar-refractivity contribution in [3.8, 4) is 6.07 Å². The molecule has 18 heavy (non-hydrogen) atoms. The molecule has 0 unspecified atom stereocenters. The third-order valence-corrected chi connectivity index (χ3v) is 3.24. The van der Waals surface area contributed by atoms with Crippen molar-refractivity contribution in [1.29, 1.82) is 5.26 Å². The predicted molar refractivity (Wildman–Crippen MR) is 66.5 cm³/mol. The first-order valence-electron chi connectivity index (χ1n) is 6.06. The van der Waals surface area contributed by atoms with Gasteiger partial charge in [0.15, 0.2) is 0 Å². The van der Waals surface area contributed by atoms with Crippen molar-refractivity contribution < 1.29 is 9.13 Å². The van der Waals surface area contributed by atoms with Crippen LogP contribution in [0.2, 0.25) is 0 Å². The van der Waals surface area contributed by atoms with Crippen LogP contribution in [-0.2, 0) is 11.2 Å². The summed E-state index contributed by atoms with van der Waals surface area (Å²) in [6, 6.07) is 8.97. The van der Waals surface area contributed by atoms with E-state index in [1.807, 2.05) is 13.1 Å². The van der Waals surface area contributed by atoms with Crippen LogP contribution >= 0.6 is 0 Å². The topological polar surface area (TPSA) is 36.3 Å². The Bertz CT molecular complexity index is 451. The molecular weight excluding hydrogens is 231 g/mol. The van der Waals surface area contributed by atoms with Crippen LogP contribution in [0.25, 0.3) is 0 Å². The second kappa shape index (κ2) is 5.47. The van der Waals surface area contributed by atoms with Gasteiger partial charge in [0, 0.05) is 13.1 Å². The third-order valence-electron chi connectivity index (χ3n) is 3.24. The van der Waals surface area contributed by atoms with Gasteiger partial charge in [-0.1, -0.05) is 12.1 Å². The predicted octanol–water partition coefficient (Wildman–Crippen LogP) is 1.84. The van der Waals surface area contributed by atoms with Crippen molar-refractivity contribution in [2.45, 2.75) is 6.42 Å². The number of benzene rings is 1. The Balaban J connectivity index is 1.82. The van der Waals surface area contributed by atoms with Gasteiger partial charge in [0.05, 0.1) is 19.3 Å². The van der Waals surface area contributed by atoms with E-state index >= 15 is 0 Å². The monoisotopic (exact) mass is 248 g/mol. The molecule has 1 aliphatic heterocycles. The molecule has 3 nitrogen and oxygen atoms in total. The number of ether oxygens (including phenoxy) is 1. The zero-order valence-corrected chi connectivity index (χ0v) is 10.5. The maximum atomic E-state index is 13.0. The lowest BCUT2D eigenvalue weighted by molar-refractivity contribution is -0.0886. The number of rotatable bonds is 5. The first-order valence-corrected chi connectivity index (χ1v) is 6.06. The number of nitrogens with zero attached hydrogens (tertiary/aromatic N) is 2. The molecule has 0 aromatic heterocycles. The van der Waals surface area contributed by atoms with Crippen LogP contribution < -0.4 is 0 Å². The minimum absolute atomic E-state index is 0.198. The maximum absolute atomic E-state index is 13.0. The molecule has 0 aliphatic carbocycles. The second-order valence-electron chi connectivity index (χ2n) is 5.00. The highest BCUT2D eigenvalue weighted by molar-refractivity contribution is 5.16. The second-order valence-corrected chi connectivity index (χ2v) is 5.00. The average Bonchev–Trinajstić information content (AvgIpc) is 2.31. The largest absolute Gasteiger partial charge is 0.378 e. The Kier molecular flexibility index (Phi) is 3.95. The Morgan fingerprint density at radius 2 is 2.28 bits per heavy atom. The van der Waals surface area contributed by atoms with Crippen LogP contribution in [0.3, 0.4) is 0 Å². The Morgan fingerprint density at radius 1 is 1.50 bits per heavy atom. The normalized spacial score (nSPS) is 17.2. The van der Waals surface area contributed by atoms with Gasteiger partial charge in [-0.25, -0.2) is 4.39 Å². The molecular formula is C14H17FN2O. The number of hydrogen-bond acceptors (Lipinski definition) is 3. The quantitative estimate of drug-likeness (QED) is 0.797. The summed E-state index contributed by atoms with van der Waals surface area (Å²) in [7, 11) is 1.98. The molecule has 96 valence electrons. The summed E-state index contributed by atoms with van der Waals surface area (Å²) in [6.45, 7) is 2.56. The van der Waals surface area contributed by atoms with Crippen LogP contribution in [0.5, 0.6) is 0 Å². The SMILES string of the molecule is CN(CCc1cccc(F)c1)CC1(C#N)COC1. The fourth-order valence-corrected chi connectivity index (χ4v) is 2.15. The highest BCUT2D eigenvalue weighted by Crippen LogP contribution is 2.27. The molecule has 1 aliphatic rings. The van der Waals surface area contributed by atoms with Crippen molar-refractivity contribution in [3.63, 3.8) is 0 Å². The van der Waals surface area contributed by atoms with Crippen molar-refractivity contribution >= 4 is 0 Å². The van der Waals surface area contributed by atoms with Crippen LogP contribution in [0.4, 0.5) is 4.39 Å². The van der Waals surface area contributed by atoms with Gasteiger partial charge < -0.3 is 9.64 Å². The zero-order valence-electron chi connectivity index (χ0n) is 10.5. The van der Waals surface area contributed by atoms with Crippen LogP contribution in [0, 0.1) is 22.6 Å². The van der Waals surface area contributed by atoms with Crippen molar-refractivity contribution in [2.75, 3.05) is 33.4 Å². The first-order chi connectivity index (χ1) is 8.63. The van der Waals surface area contributed by atoms with E-state index in [-0.39, 0.29) is 11.2 Å². The van der Waals surface area contributed by atoms with Gasteiger partial charge in [-0.3, -0.25) is 0 Å². The van der Waals surface area contributed by atoms with E-state index in [0.717, 1.165) is 18.5 Å². The third kappa shape index (κ3) is 3.06. The summed E-state index contributed by atoms with van der Waals surface area (Å²) < 4.78 is 18.1. The molecule has 0 amide bonds. The molecule has 1 saturated heterocycles. The van der Waals surface area contributed by atoms with E-state index in [0.29, 0.717) is 19.8 Å². The van der Waals surface area contributed by atoms with E-state index in [1.165, 1.54) is 6.07 Å². The fraction of sp³-hybridized carbons (Fsp3) is 0.500. The molecule has 1 heterocycles. The van der Waals surface area contributed by atoms with E-state index in [9.17, 15) is 4.39 Å². The standard InChI is InChI=1S/C14H17FN2O/c1-17(9-14(8-16)10-18-11-14)6-5-12-3-2-4-13(15)7-12/h2-4,7H,5-6,9-11H2,1H3. The summed E-state index contributed by atoms with van der Waals surface area (Å²) in [6.07, 6.45) is 0.788. The van der Waals surface area contributed by atoms with E-state index < -0.39 is 0 Å². The summed E-state index contributed by atoms with van der Waals surface area (Å²) in [4.78, 5) is 2.11. The van der Waals surface area contributed by atoms with Gasteiger partial charge in [-0.2, -0.15) is 5.26 Å². The number of nitriles is 1. The highest BCUT2D eigenvalue weighted by Gasteiger charge is 2.39. The van der Waals surface area contributed by atoms with Crippen molar-refractivity contribution in [3.05, 3.63) is 35.6 Å². The summed E-state index contributed by atoms with van der Waals surface area (Å²) in [5.41, 5.74) is 0.647. The molecule has 1 aromatic rings. The summed E-state index contributed by atoms with van der Waals surface area (Å²) >= 11 is 0. The summed E-state index contributed by atoms with van der Waals surface area (Å²) in [5, 5.41) is 9.10. The maximum Gasteiger partial charge on any atom is 0.123 e. The molecule has 1 aromatic carbocycles. The van der Waals surface area contributed by atoms with Gasteiger partial charge in [-0.05, 0) is 31.2 Å². The molecule has 0 radical (unpaired) electrons. The fourth-order valence-electron chi connectivity index (χ4n) is 2.15. The lowest BCUT2D eigenvalue weighted by Crippen LogP contribution is -2.49. The molecule has 0 saturated carbocycles. The number of likely N-dealkylation sites (N-methyl/N-ethyl adjacent to an activating group) is 1. The minimum Gasteiger partial charge on any atom is -0.378 e. The highest BCUT2D eigenvalue weighted by atomic mass is 19.1. The van der Waals surface area contributed by atoms with Crippen molar-refractivity contribution in [2.24, 2.45) is 5.41 Å². The molecule has 2 rings (SSSR count). The van der Waals surface area contributed by atoms with Crippen LogP contribution in [-0.4, -0.2) is 38.3 Å². The van der Waals surface area contributed by atoms with Gasteiger partial charge in [0.25, 0.3) is 0 Å². The van der Waals surface area contributed by atoms with E-state index in [1.54, 1.807) is 12.1 Å². The number of halogens is 1. The zero-order chi connectivity index (χ0) is 13.0. The molecule has 0 spiro atoms. The van der Waals surface area contributed by atoms with E-state index in [4.69, 9.17) is 10.00 Å². The van der Waals surface area contributed by atoms with E-state index in [2.05, 4.69) is 11.0 Å². The lowest BCUT2D eigenvalue weighted by atomic mass is 9.87. The van der Waals surface area contributed by atoms with Crippen LogP contribution in [0.1, 0.15) is 5.56 Å². The van der Waals surface area contributed by atoms with Gasteiger partial charge in [0.2, 0.25) is 0 Å². The Labute approximate surface area is 107 Å². The van der Waals surface area contributed by atoms with Crippen LogP contribution in [0.15, 0.2) is 24.3 Å². The molecule has 4 heteroatoms. The molecule has 0 N–H and O–H groups in total. The molecule has 1 fully saturated rings. The van der Waals surface area contributed by atoms with Gasteiger partial charge in [-0.15, -0.1) is 0 Å². The van der Waals surface area contributed by atoms with Gasteiger partial charge >= 0.3 is 0 Å². The minimum atomic E-state index is -0.337. The van der Waals surface area contributed by atoms with Crippen molar-refractivity contribution in [1.82, 2.24) is 4.90 Å². The lowest BCUT2D eigenvalue weighted by Gasteiger charge is -2.38. The molecule has 0 atom stereocenters. The molecule has 0 bridgehead atoms. The van der Waals surface area contributed by atoms with Gasteiger partial charge in [0.1, 0.15) is 11.2 Å². The average molecular weight is 248 g/mol. The smallest absolute Gasteiger partial charge is 0.123 e. The summed E-state index contributed by atoms with van der Waals surface area (Å²) in [5.74, 6) is -0.198. The Morgan fingerprint density at radius 3 is 2.83 bits per heavy atom. The number of hydrogen-bond donors (Lipinski definition) is 0. The Hall–Kier alpha value is -1.44. The first kappa shape index (κ1) is 13.0.